The van der Waals surface area contributed by atoms with Crippen LogP contribution in [-0.2, 0) is 11.3 Å². The number of nitrogens with zero attached hydrogens (tertiary/aromatic N) is 5. The van der Waals surface area contributed by atoms with Crippen LogP contribution in [0.3, 0.4) is 0 Å². The van der Waals surface area contributed by atoms with Crippen LogP contribution >= 0.6 is 11.3 Å². The van der Waals surface area contributed by atoms with E-state index in [-0.39, 0.29) is 17.5 Å². The highest BCUT2D eigenvalue weighted by atomic mass is 32.1. The molecule has 116 valence electrons. The van der Waals surface area contributed by atoms with Crippen molar-refractivity contribution in [3.05, 3.63) is 51.4 Å². The summed E-state index contributed by atoms with van der Waals surface area (Å²) in [4.78, 5) is 22.5. The largest absolute Gasteiger partial charge is 0.324 e. The van der Waals surface area contributed by atoms with E-state index in [0.717, 1.165) is 16.9 Å². The zero-order valence-corrected chi connectivity index (χ0v) is 12.4. The van der Waals surface area contributed by atoms with Gasteiger partial charge in [0.15, 0.2) is 0 Å². The van der Waals surface area contributed by atoms with E-state index in [1.54, 1.807) is 12.1 Å². The minimum Gasteiger partial charge on any atom is -0.271 e. The molecule has 0 saturated carbocycles. The Morgan fingerprint density at radius 1 is 1.39 bits per heavy atom. The van der Waals surface area contributed by atoms with Crippen LogP contribution in [0.5, 0.6) is 0 Å². The third-order valence-corrected chi connectivity index (χ3v) is 3.86. The second kappa shape index (κ2) is 6.32. The number of para-hydroxylation sites is 1. The van der Waals surface area contributed by atoms with Gasteiger partial charge < -0.3 is 0 Å². The molecule has 0 aliphatic heterocycles. The molecule has 1 amide bonds. The van der Waals surface area contributed by atoms with Gasteiger partial charge in [0, 0.05) is 6.07 Å². The molecule has 23 heavy (non-hydrogen) atoms. The van der Waals surface area contributed by atoms with Crippen molar-refractivity contribution < 1.29 is 9.72 Å². The van der Waals surface area contributed by atoms with Crippen LogP contribution in [0.15, 0.2) is 41.5 Å². The molecule has 0 radical (unpaired) electrons. The number of benzene rings is 1. The topological polar surface area (TPSA) is 115 Å². The third-order valence-electron chi connectivity index (χ3n) is 2.89. The van der Waals surface area contributed by atoms with Crippen molar-refractivity contribution in [1.82, 2.24) is 20.4 Å². The van der Waals surface area contributed by atoms with Gasteiger partial charge in [-0.15, -0.1) is 5.10 Å². The number of fused-ring (bicyclic) bond motifs is 1. The van der Waals surface area contributed by atoms with Gasteiger partial charge in [-0.3, -0.25) is 14.9 Å². The van der Waals surface area contributed by atoms with Gasteiger partial charge in [-0.2, -0.15) is 5.10 Å². The molecule has 2 aromatic heterocycles. The average Bonchev–Trinajstić information content (AvgIpc) is 3.15. The molecule has 9 nitrogen and oxygen atoms in total. The number of nitrogens with one attached hydrogen (secondary N) is 1. The maximum Gasteiger partial charge on any atom is 0.324 e. The highest BCUT2D eigenvalue weighted by Crippen LogP contribution is 2.22. The van der Waals surface area contributed by atoms with E-state index in [1.807, 2.05) is 18.2 Å². The first kappa shape index (κ1) is 14.8. The Kier molecular flexibility index (Phi) is 4.06. The first-order valence-electron chi connectivity index (χ1n) is 6.48. The summed E-state index contributed by atoms with van der Waals surface area (Å²) in [5, 5.41) is 22.2. The highest BCUT2D eigenvalue weighted by Gasteiger charge is 2.09. The fraction of sp³-hybridized carbons (Fsp3) is 0.0769. The summed E-state index contributed by atoms with van der Waals surface area (Å²) >= 11 is 0.973. The Morgan fingerprint density at radius 3 is 3.00 bits per heavy atom. The SMILES string of the molecule is O=C(Cn1nnc2ccccc21)N/N=C\c1ccc([N+](=O)[O-])s1. The van der Waals surface area contributed by atoms with Crippen LogP contribution in [-0.4, -0.2) is 32.0 Å². The summed E-state index contributed by atoms with van der Waals surface area (Å²) in [5.41, 5.74) is 3.81. The number of carbonyl (C=O) groups is 1. The molecule has 3 aromatic rings. The van der Waals surface area contributed by atoms with E-state index in [0.29, 0.717) is 10.4 Å². The average molecular weight is 330 g/mol. The number of thiophene rings is 1. The van der Waals surface area contributed by atoms with Gasteiger partial charge in [-0.1, -0.05) is 28.7 Å². The second-order valence-corrected chi connectivity index (χ2v) is 5.56. The van der Waals surface area contributed by atoms with Gasteiger partial charge in [0.2, 0.25) is 0 Å². The van der Waals surface area contributed by atoms with Crippen molar-refractivity contribution in [1.29, 1.82) is 0 Å². The lowest BCUT2D eigenvalue weighted by Crippen LogP contribution is -2.23. The second-order valence-electron chi connectivity index (χ2n) is 4.46. The first-order valence-corrected chi connectivity index (χ1v) is 7.29. The van der Waals surface area contributed by atoms with Crippen LogP contribution in [0.2, 0.25) is 0 Å². The number of hydrazone groups is 1. The van der Waals surface area contributed by atoms with E-state index >= 15 is 0 Å². The minimum absolute atomic E-state index is 0.0202. The molecule has 0 unspecified atom stereocenters. The lowest BCUT2D eigenvalue weighted by atomic mass is 10.3. The fourth-order valence-electron chi connectivity index (χ4n) is 1.88. The predicted octanol–water partition coefficient (Wildman–Crippen LogP) is 1.55. The molecule has 1 N–H and O–H groups in total. The predicted molar refractivity (Wildman–Crippen MR) is 84.2 cm³/mol. The van der Waals surface area contributed by atoms with Crippen molar-refractivity contribution in [2.24, 2.45) is 5.10 Å². The number of amides is 1. The molecule has 0 bridgehead atoms. The smallest absolute Gasteiger partial charge is 0.271 e. The number of carbonyl (C=O) groups excluding carboxylic acids is 1. The van der Waals surface area contributed by atoms with Crippen molar-refractivity contribution >= 4 is 39.5 Å². The summed E-state index contributed by atoms with van der Waals surface area (Å²) < 4.78 is 1.47. The molecule has 0 spiro atoms. The Labute approximate surface area is 133 Å². The van der Waals surface area contributed by atoms with Gasteiger partial charge in [0.25, 0.3) is 5.91 Å². The van der Waals surface area contributed by atoms with E-state index in [2.05, 4.69) is 20.8 Å². The fourth-order valence-corrected chi connectivity index (χ4v) is 2.58. The molecule has 3 rings (SSSR count). The van der Waals surface area contributed by atoms with E-state index in [4.69, 9.17) is 0 Å². The zero-order chi connectivity index (χ0) is 16.2. The van der Waals surface area contributed by atoms with Crippen LogP contribution < -0.4 is 5.43 Å². The molecule has 10 heteroatoms. The lowest BCUT2D eigenvalue weighted by Gasteiger charge is -2.00. The van der Waals surface area contributed by atoms with Crippen molar-refractivity contribution in [2.75, 3.05) is 0 Å². The number of hydrogen-bond donors (Lipinski definition) is 1. The van der Waals surface area contributed by atoms with Crippen LogP contribution in [0, 0.1) is 10.1 Å². The molecular formula is C13H10N6O3S. The Bertz CT molecular complexity index is 900. The van der Waals surface area contributed by atoms with Crippen LogP contribution in [0.1, 0.15) is 4.88 Å². The summed E-state index contributed by atoms with van der Waals surface area (Å²) in [5.74, 6) is -0.372. The molecule has 2 heterocycles. The Morgan fingerprint density at radius 2 is 2.22 bits per heavy atom. The molecule has 0 aliphatic carbocycles. The summed E-state index contributed by atoms with van der Waals surface area (Å²) in [7, 11) is 0. The van der Waals surface area contributed by atoms with Crippen LogP contribution in [0.4, 0.5) is 5.00 Å². The molecule has 0 fully saturated rings. The van der Waals surface area contributed by atoms with Crippen LogP contribution in [0.25, 0.3) is 11.0 Å². The van der Waals surface area contributed by atoms with E-state index < -0.39 is 4.92 Å². The normalized spacial score (nSPS) is 11.1. The van der Waals surface area contributed by atoms with E-state index in [1.165, 1.54) is 17.0 Å². The monoisotopic (exact) mass is 330 g/mol. The van der Waals surface area contributed by atoms with Crippen molar-refractivity contribution in [3.8, 4) is 0 Å². The van der Waals surface area contributed by atoms with Gasteiger partial charge in [0.05, 0.1) is 21.5 Å². The summed E-state index contributed by atoms with van der Waals surface area (Å²) in [6.45, 7) is -0.0254. The molecular weight excluding hydrogens is 320 g/mol. The Balaban J connectivity index is 1.61. The minimum atomic E-state index is -0.476. The maximum absolute atomic E-state index is 11.8. The lowest BCUT2D eigenvalue weighted by molar-refractivity contribution is -0.380. The quantitative estimate of drug-likeness (QED) is 0.433. The molecule has 0 atom stereocenters. The van der Waals surface area contributed by atoms with Crippen molar-refractivity contribution in [3.63, 3.8) is 0 Å². The summed E-state index contributed by atoms with van der Waals surface area (Å²) in [6.07, 6.45) is 1.36. The van der Waals surface area contributed by atoms with Gasteiger partial charge in [-0.05, 0) is 18.2 Å². The number of nitro groups is 1. The Hall–Kier alpha value is -3.14. The molecule has 0 aliphatic rings. The number of hydrogen-bond acceptors (Lipinski definition) is 7. The van der Waals surface area contributed by atoms with E-state index in [9.17, 15) is 14.9 Å². The summed E-state index contributed by atoms with van der Waals surface area (Å²) in [6, 6.07) is 10.2. The highest BCUT2D eigenvalue weighted by molar-refractivity contribution is 7.16. The van der Waals surface area contributed by atoms with Gasteiger partial charge >= 0.3 is 5.00 Å². The van der Waals surface area contributed by atoms with Gasteiger partial charge in [0.1, 0.15) is 12.1 Å². The third kappa shape index (κ3) is 3.37. The number of rotatable bonds is 5. The van der Waals surface area contributed by atoms with Gasteiger partial charge in [-0.25, -0.2) is 10.1 Å². The molecule has 0 saturated heterocycles. The zero-order valence-electron chi connectivity index (χ0n) is 11.6. The number of aromatic nitrogens is 3. The standard InChI is InChI=1S/C13H10N6O3S/c20-12(8-18-11-4-2-1-3-10(11)15-17-18)16-14-7-9-5-6-13(23-9)19(21)22/h1-7H,8H2,(H,16,20)/b14-7-. The molecule has 1 aromatic carbocycles. The first-order chi connectivity index (χ1) is 11.1. The maximum atomic E-state index is 11.8. The van der Waals surface area contributed by atoms with Crippen molar-refractivity contribution in [2.45, 2.75) is 6.54 Å².